The van der Waals surface area contributed by atoms with Crippen molar-refractivity contribution < 1.29 is 4.74 Å². The zero-order valence-corrected chi connectivity index (χ0v) is 12.0. The van der Waals surface area contributed by atoms with Crippen molar-refractivity contribution in [2.45, 2.75) is 20.4 Å². The van der Waals surface area contributed by atoms with Crippen LogP contribution in [0.15, 0.2) is 36.4 Å². The molecule has 2 aromatic carbocycles. The summed E-state index contributed by atoms with van der Waals surface area (Å²) in [7, 11) is 1.88. The first kappa shape index (κ1) is 14.1. The topological polar surface area (TPSA) is 45.0 Å². The quantitative estimate of drug-likeness (QED) is 0.918. The molecule has 3 nitrogen and oxygen atoms in total. The van der Waals surface area contributed by atoms with Gasteiger partial charge in [-0.1, -0.05) is 23.8 Å². The van der Waals surface area contributed by atoms with Crippen LogP contribution in [0.5, 0.6) is 11.5 Å². The van der Waals surface area contributed by atoms with Crippen molar-refractivity contribution in [3.05, 3.63) is 58.7 Å². The second-order valence-corrected chi connectivity index (χ2v) is 4.84. The van der Waals surface area contributed by atoms with E-state index in [4.69, 9.17) is 4.74 Å². The van der Waals surface area contributed by atoms with E-state index in [0.29, 0.717) is 11.3 Å². The van der Waals surface area contributed by atoms with Gasteiger partial charge in [-0.05, 0) is 50.2 Å². The molecule has 0 atom stereocenters. The molecule has 0 aliphatic carbocycles. The van der Waals surface area contributed by atoms with E-state index >= 15 is 0 Å². The highest BCUT2D eigenvalue weighted by atomic mass is 16.5. The van der Waals surface area contributed by atoms with Crippen LogP contribution in [0.4, 0.5) is 0 Å². The highest BCUT2D eigenvalue weighted by Crippen LogP contribution is 2.28. The number of hydrogen-bond donors (Lipinski definition) is 1. The average molecular weight is 266 g/mol. The fraction of sp³-hybridized carbons (Fsp3) is 0.235. The van der Waals surface area contributed by atoms with Gasteiger partial charge in [0.05, 0.1) is 5.56 Å². The fourth-order valence-corrected chi connectivity index (χ4v) is 2.10. The molecule has 0 fully saturated rings. The van der Waals surface area contributed by atoms with E-state index in [1.807, 2.05) is 51.2 Å². The molecule has 1 N–H and O–H groups in total. The maximum atomic E-state index is 9.25. The van der Waals surface area contributed by atoms with Gasteiger partial charge in [-0.3, -0.25) is 0 Å². The molecule has 3 heteroatoms. The maximum Gasteiger partial charge on any atom is 0.145 e. The maximum absolute atomic E-state index is 9.25. The molecule has 2 rings (SSSR count). The Bertz CT molecular complexity index is 657. The molecule has 20 heavy (non-hydrogen) atoms. The second-order valence-electron chi connectivity index (χ2n) is 4.84. The molecule has 0 aliphatic heterocycles. The molecule has 0 bridgehead atoms. The van der Waals surface area contributed by atoms with Crippen molar-refractivity contribution in [3.8, 4) is 17.6 Å². The Morgan fingerprint density at radius 1 is 1.10 bits per heavy atom. The average Bonchev–Trinajstić information content (AvgIpc) is 2.43. The first-order valence-electron chi connectivity index (χ1n) is 6.57. The van der Waals surface area contributed by atoms with E-state index in [0.717, 1.165) is 23.4 Å². The van der Waals surface area contributed by atoms with Gasteiger partial charge >= 0.3 is 0 Å². The number of hydrogen-bond acceptors (Lipinski definition) is 3. The van der Waals surface area contributed by atoms with Crippen molar-refractivity contribution in [2.24, 2.45) is 0 Å². The first-order valence-corrected chi connectivity index (χ1v) is 6.57. The Balaban J connectivity index is 2.31. The fourth-order valence-electron chi connectivity index (χ4n) is 2.10. The zero-order valence-electron chi connectivity index (χ0n) is 12.0. The van der Waals surface area contributed by atoms with E-state index in [1.54, 1.807) is 0 Å². The van der Waals surface area contributed by atoms with E-state index < -0.39 is 0 Å². The molecule has 0 unspecified atom stereocenters. The van der Waals surface area contributed by atoms with E-state index in [-0.39, 0.29) is 0 Å². The second kappa shape index (κ2) is 6.23. The smallest absolute Gasteiger partial charge is 0.145 e. The standard InChI is InChI=1S/C17H18N2O/c1-12-4-6-16(13(2)8-12)20-17-7-5-14(11-19-3)9-15(17)10-18/h4-9,19H,11H2,1-3H3. The van der Waals surface area contributed by atoms with Crippen molar-refractivity contribution in [3.63, 3.8) is 0 Å². The summed E-state index contributed by atoms with van der Waals surface area (Å²) in [5, 5.41) is 12.3. The Kier molecular flexibility index (Phi) is 4.39. The Hall–Kier alpha value is -2.31. The summed E-state index contributed by atoms with van der Waals surface area (Å²) in [6, 6.07) is 13.9. The van der Waals surface area contributed by atoms with Crippen LogP contribution < -0.4 is 10.1 Å². The summed E-state index contributed by atoms with van der Waals surface area (Å²) in [6.07, 6.45) is 0. The third-order valence-corrected chi connectivity index (χ3v) is 3.10. The van der Waals surface area contributed by atoms with Crippen LogP contribution in [-0.4, -0.2) is 7.05 Å². The molecule has 0 aliphatic rings. The number of ether oxygens (including phenoxy) is 1. The number of nitrogens with zero attached hydrogens (tertiary/aromatic N) is 1. The molecule has 2 aromatic rings. The summed E-state index contributed by atoms with van der Waals surface area (Å²) < 4.78 is 5.88. The molecule has 0 amide bonds. The normalized spacial score (nSPS) is 10.1. The summed E-state index contributed by atoms with van der Waals surface area (Å²) in [6.45, 7) is 4.78. The van der Waals surface area contributed by atoms with Crippen LogP contribution in [0.25, 0.3) is 0 Å². The van der Waals surface area contributed by atoms with Gasteiger partial charge in [0.2, 0.25) is 0 Å². The lowest BCUT2D eigenvalue weighted by Gasteiger charge is -2.11. The first-order chi connectivity index (χ1) is 9.63. The highest BCUT2D eigenvalue weighted by molar-refractivity contribution is 5.48. The molecular formula is C17H18N2O. The number of nitrogens with one attached hydrogen (secondary N) is 1. The van der Waals surface area contributed by atoms with Gasteiger partial charge in [-0.15, -0.1) is 0 Å². The minimum absolute atomic E-state index is 0.553. The summed E-state index contributed by atoms with van der Waals surface area (Å²) in [4.78, 5) is 0. The van der Waals surface area contributed by atoms with Gasteiger partial charge < -0.3 is 10.1 Å². The lowest BCUT2D eigenvalue weighted by Crippen LogP contribution is -2.05. The SMILES string of the molecule is CNCc1ccc(Oc2ccc(C)cc2C)c(C#N)c1. The van der Waals surface area contributed by atoms with Gasteiger partial charge in [0, 0.05) is 6.54 Å². The van der Waals surface area contributed by atoms with Crippen molar-refractivity contribution in [1.82, 2.24) is 5.32 Å². The molecule has 0 saturated heterocycles. The van der Waals surface area contributed by atoms with Gasteiger partial charge in [0.25, 0.3) is 0 Å². The predicted molar refractivity (Wildman–Crippen MR) is 79.9 cm³/mol. The predicted octanol–water partition coefficient (Wildman–Crippen LogP) is 3.69. The highest BCUT2D eigenvalue weighted by Gasteiger charge is 2.08. The van der Waals surface area contributed by atoms with Crippen molar-refractivity contribution >= 4 is 0 Å². The molecule has 0 saturated carbocycles. The Morgan fingerprint density at radius 2 is 1.85 bits per heavy atom. The minimum Gasteiger partial charge on any atom is -0.456 e. The molecule has 102 valence electrons. The number of aryl methyl sites for hydroxylation is 2. The van der Waals surface area contributed by atoms with Crippen LogP contribution in [0.2, 0.25) is 0 Å². The van der Waals surface area contributed by atoms with Crippen LogP contribution in [0.3, 0.4) is 0 Å². The largest absolute Gasteiger partial charge is 0.456 e. The molecular weight excluding hydrogens is 248 g/mol. The van der Waals surface area contributed by atoms with E-state index in [2.05, 4.69) is 17.5 Å². The number of benzene rings is 2. The Labute approximate surface area is 119 Å². The van der Waals surface area contributed by atoms with Crippen molar-refractivity contribution in [2.75, 3.05) is 7.05 Å². The molecule has 0 heterocycles. The third kappa shape index (κ3) is 3.17. The van der Waals surface area contributed by atoms with Crippen molar-refractivity contribution in [1.29, 1.82) is 5.26 Å². The van der Waals surface area contributed by atoms with Crippen LogP contribution in [0, 0.1) is 25.2 Å². The van der Waals surface area contributed by atoms with Gasteiger partial charge in [0.1, 0.15) is 17.6 Å². The Morgan fingerprint density at radius 3 is 2.50 bits per heavy atom. The van der Waals surface area contributed by atoms with E-state index in [9.17, 15) is 5.26 Å². The van der Waals surface area contributed by atoms with Crippen LogP contribution in [0.1, 0.15) is 22.3 Å². The monoisotopic (exact) mass is 266 g/mol. The summed E-state index contributed by atoms with van der Waals surface area (Å²) >= 11 is 0. The summed E-state index contributed by atoms with van der Waals surface area (Å²) in [5.74, 6) is 1.38. The molecule has 0 spiro atoms. The molecule has 0 radical (unpaired) electrons. The number of nitriles is 1. The summed E-state index contributed by atoms with van der Waals surface area (Å²) in [5.41, 5.74) is 3.88. The molecule has 0 aromatic heterocycles. The van der Waals surface area contributed by atoms with Gasteiger partial charge in [0.15, 0.2) is 0 Å². The third-order valence-electron chi connectivity index (χ3n) is 3.10. The lowest BCUT2D eigenvalue weighted by atomic mass is 10.1. The van der Waals surface area contributed by atoms with Crippen LogP contribution in [-0.2, 0) is 6.54 Å². The number of rotatable bonds is 4. The lowest BCUT2D eigenvalue weighted by molar-refractivity contribution is 0.477. The minimum atomic E-state index is 0.553. The van der Waals surface area contributed by atoms with Gasteiger partial charge in [-0.2, -0.15) is 5.26 Å². The van der Waals surface area contributed by atoms with E-state index in [1.165, 1.54) is 5.56 Å². The van der Waals surface area contributed by atoms with Gasteiger partial charge in [-0.25, -0.2) is 0 Å². The van der Waals surface area contributed by atoms with Crippen LogP contribution >= 0.6 is 0 Å². The zero-order chi connectivity index (χ0) is 14.5.